The van der Waals surface area contributed by atoms with Crippen LogP contribution in [0.1, 0.15) is 24.1 Å². The molecule has 0 aliphatic rings. The Morgan fingerprint density at radius 3 is 2.79 bits per heavy atom. The van der Waals surface area contributed by atoms with Crippen LogP contribution >= 0.6 is 11.3 Å². The van der Waals surface area contributed by atoms with Gasteiger partial charge < -0.3 is 10.1 Å². The zero-order valence-electron chi connectivity index (χ0n) is 15.8. The lowest BCUT2D eigenvalue weighted by Crippen LogP contribution is -2.26. The second-order valence-corrected chi connectivity index (χ2v) is 7.41. The van der Waals surface area contributed by atoms with Crippen LogP contribution in [0.5, 0.6) is 5.75 Å². The third-order valence-electron chi connectivity index (χ3n) is 4.13. The Kier molecular flexibility index (Phi) is 7.14. The Balaban J connectivity index is 1.34. The Labute approximate surface area is 168 Å². The molecular formula is C22H23FN2O2S. The smallest absolute Gasteiger partial charge is 0.226 e. The number of nitrogens with one attached hydrogen (secondary N) is 1. The molecule has 4 nitrogen and oxygen atoms in total. The quantitative estimate of drug-likeness (QED) is 0.528. The van der Waals surface area contributed by atoms with Crippen LogP contribution in [0, 0.1) is 12.7 Å². The van der Waals surface area contributed by atoms with E-state index in [1.54, 1.807) is 23.5 Å². The third-order valence-corrected chi connectivity index (χ3v) is 5.07. The van der Waals surface area contributed by atoms with Gasteiger partial charge in [0.15, 0.2) is 0 Å². The highest BCUT2D eigenvalue weighted by Gasteiger charge is 2.09. The Morgan fingerprint density at radius 2 is 2.00 bits per heavy atom. The van der Waals surface area contributed by atoms with E-state index in [0.717, 1.165) is 29.1 Å². The third kappa shape index (κ3) is 6.16. The second-order valence-electron chi connectivity index (χ2n) is 6.55. The molecule has 6 heteroatoms. The lowest BCUT2D eigenvalue weighted by Gasteiger charge is -2.07. The van der Waals surface area contributed by atoms with Gasteiger partial charge >= 0.3 is 0 Å². The standard InChI is InChI=1S/C22H23FN2O2S/c1-16-5-4-6-17(13-16)22-25-19(15-28-22)14-21(26)24-11-2-3-12-27-20-9-7-18(23)8-10-20/h4-10,13,15H,2-3,11-12,14H2,1H3,(H,24,26). The monoisotopic (exact) mass is 398 g/mol. The summed E-state index contributed by atoms with van der Waals surface area (Å²) >= 11 is 1.56. The van der Waals surface area contributed by atoms with Gasteiger partial charge in [-0.1, -0.05) is 23.8 Å². The van der Waals surface area contributed by atoms with Gasteiger partial charge in [0, 0.05) is 17.5 Å². The summed E-state index contributed by atoms with van der Waals surface area (Å²) in [5.41, 5.74) is 3.06. The summed E-state index contributed by atoms with van der Waals surface area (Å²) in [4.78, 5) is 16.7. The molecule has 0 saturated heterocycles. The van der Waals surface area contributed by atoms with Crippen molar-refractivity contribution in [3.63, 3.8) is 0 Å². The molecule has 0 bridgehead atoms. The summed E-state index contributed by atoms with van der Waals surface area (Å²) in [6.45, 7) is 3.18. The van der Waals surface area contributed by atoms with E-state index in [1.165, 1.54) is 17.7 Å². The lowest BCUT2D eigenvalue weighted by atomic mass is 10.1. The van der Waals surface area contributed by atoms with Gasteiger partial charge in [0.2, 0.25) is 5.91 Å². The van der Waals surface area contributed by atoms with Gasteiger partial charge in [-0.2, -0.15) is 0 Å². The number of benzene rings is 2. The topological polar surface area (TPSA) is 51.2 Å². The number of unbranched alkanes of at least 4 members (excludes halogenated alkanes) is 1. The van der Waals surface area contributed by atoms with E-state index in [4.69, 9.17) is 4.74 Å². The number of amides is 1. The number of hydrogen-bond acceptors (Lipinski definition) is 4. The van der Waals surface area contributed by atoms with Crippen LogP contribution in [0.2, 0.25) is 0 Å². The largest absolute Gasteiger partial charge is 0.494 e. The van der Waals surface area contributed by atoms with E-state index in [-0.39, 0.29) is 18.1 Å². The molecule has 28 heavy (non-hydrogen) atoms. The fourth-order valence-corrected chi connectivity index (χ4v) is 3.52. The molecule has 1 aromatic heterocycles. The zero-order chi connectivity index (χ0) is 19.8. The fourth-order valence-electron chi connectivity index (χ4n) is 2.70. The average Bonchev–Trinajstić information content (AvgIpc) is 3.14. The van der Waals surface area contributed by atoms with Gasteiger partial charge in [-0.15, -0.1) is 11.3 Å². The molecule has 0 atom stereocenters. The van der Waals surface area contributed by atoms with Gasteiger partial charge in [-0.25, -0.2) is 9.37 Å². The highest BCUT2D eigenvalue weighted by Crippen LogP contribution is 2.24. The van der Waals surface area contributed by atoms with Crippen LogP contribution in [-0.2, 0) is 11.2 Å². The van der Waals surface area contributed by atoms with Crippen molar-refractivity contribution in [1.29, 1.82) is 0 Å². The summed E-state index contributed by atoms with van der Waals surface area (Å²) in [6, 6.07) is 14.2. The van der Waals surface area contributed by atoms with Crippen molar-refractivity contribution in [2.45, 2.75) is 26.2 Å². The molecule has 146 valence electrons. The minimum atomic E-state index is -0.277. The molecule has 0 radical (unpaired) electrons. The van der Waals surface area contributed by atoms with Crippen LogP contribution in [0.4, 0.5) is 4.39 Å². The number of rotatable bonds is 9. The number of halogens is 1. The lowest BCUT2D eigenvalue weighted by molar-refractivity contribution is -0.120. The first-order chi connectivity index (χ1) is 13.6. The SMILES string of the molecule is Cc1cccc(-c2nc(CC(=O)NCCCCOc3ccc(F)cc3)cs2)c1. The molecule has 1 N–H and O–H groups in total. The normalized spacial score (nSPS) is 10.6. The van der Waals surface area contributed by atoms with Crippen LogP contribution in [0.3, 0.4) is 0 Å². The van der Waals surface area contributed by atoms with Gasteiger partial charge in [0.1, 0.15) is 16.6 Å². The fraction of sp³-hybridized carbons (Fsp3) is 0.273. The van der Waals surface area contributed by atoms with Crippen LogP contribution in [-0.4, -0.2) is 24.0 Å². The molecule has 0 spiro atoms. The number of ether oxygens (including phenoxy) is 1. The van der Waals surface area contributed by atoms with Crippen molar-refractivity contribution in [2.24, 2.45) is 0 Å². The van der Waals surface area contributed by atoms with Crippen molar-refractivity contribution in [3.05, 3.63) is 71.0 Å². The molecule has 1 heterocycles. The minimum absolute atomic E-state index is 0.0273. The Morgan fingerprint density at radius 1 is 1.18 bits per heavy atom. The summed E-state index contributed by atoms with van der Waals surface area (Å²) in [5, 5.41) is 5.79. The second kappa shape index (κ2) is 9.99. The van der Waals surface area contributed by atoms with Crippen molar-refractivity contribution < 1.29 is 13.9 Å². The van der Waals surface area contributed by atoms with Gasteiger partial charge in [0.05, 0.1) is 18.7 Å². The molecule has 0 fully saturated rings. The highest BCUT2D eigenvalue weighted by atomic mass is 32.1. The first-order valence-corrected chi connectivity index (χ1v) is 10.1. The van der Waals surface area contributed by atoms with Gasteiger partial charge in [0.25, 0.3) is 0 Å². The Hall–Kier alpha value is -2.73. The maximum Gasteiger partial charge on any atom is 0.226 e. The summed E-state index contributed by atoms with van der Waals surface area (Å²) in [5.74, 6) is 0.347. The predicted molar refractivity (Wildman–Crippen MR) is 110 cm³/mol. The van der Waals surface area contributed by atoms with E-state index < -0.39 is 0 Å². The molecule has 0 saturated carbocycles. The van der Waals surface area contributed by atoms with Crippen LogP contribution in [0.15, 0.2) is 53.9 Å². The highest BCUT2D eigenvalue weighted by molar-refractivity contribution is 7.13. The number of carbonyl (C=O) groups is 1. The maximum absolute atomic E-state index is 12.8. The zero-order valence-corrected chi connectivity index (χ0v) is 16.6. The summed E-state index contributed by atoms with van der Waals surface area (Å²) in [7, 11) is 0. The van der Waals surface area contributed by atoms with E-state index in [9.17, 15) is 9.18 Å². The number of hydrogen-bond donors (Lipinski definition) is 1. The van der Waals surface area contributed by atoms with Crippen LogP contribution in [0.25, 0.3) is 10.6 Å². The number of nitrogens with zero attached hydrogens (tertiary/aromatic N) is 1. The maximum atomic E-state index is 12.8. The minimum Gasteiger partial charge on any atom is -0.494 e. The predicted octanol–water partition coefficient (Wildman–Crippen LogP) is 4.78. The number of thiazole rings is 1. The number of carbonyl (C=O) groups excluding carboxylic acids is 1. The van der Waals surface area contributed by atoms with Crippen molar-refractivity contribution in [3.8, 4) is 16.3 Å². The molecule has 3 aromatic rings. The molecule has 0 aliphatic carbocycles. The van der Waals surface area contributed by atoms with Crippen molar-refractivity contribution in [2.75, 3.05) is 13.2 Å². The molecule has 3 rings (SSSR count). The van der Waals surface area contributed by atoms with E-state index in [2.05, 4.69) is 29.4 Å². The summed E-state index contributed by atoms with van der Waals surface area (Å²) < 4.78 is 18.3. The molecule has 0 unspecified atom stereocenters. The van der Waals surface area contributed by atoms with Crippen LogP contribution < -0.4 is 10.1 Å². The first kappa shape index (κ1) is 20.0. The molecule has 2 aromatic carbocycles. The van der Waals surface area contributed by atoms with Gasteiger partial charge in [-0.05, 0) is 50.1 Å². The first-order valence-electron chi connectivity index (χ1n) is 9.27. The van der Waals surface area contributed by atoms with Gasteiger partial charge in [-0.3, -0.25) is 4.79 Å². The summed E-state index contributed by atoms with van der Waals surface area (Å²) in [6.07, 6.45) is 1.92. The molecule has 1 amide bonds. The van der Waals surface area contributed by atoms with E-state index >= 15 is 0 Å². The molecule has 0 aliphatic heterocycles. The van der Waals surface area contributed by atoms with Crippen molar-refractivity contribution >= 4 is 17.2 Å². The Bertz CT molecular complexity index is 909. The average molecular weight is 399 g/mol. The number of aryl methyl sites for hydroxylation is 1. The number of aromatic nitrogens is 1. The van der Waals surface area contributed by atoms with E-state index in [0.29, 0.717) is 18.9 Å². The van der Waals surface area contributed by atoms with E-state index in [1.807, 2.05) is 17.5 Å². The molecular weight excluding hydrogens is 375 g/mol. The van der Waals surface area contributed by atoms with Crippen molar-refractivity contribution in [1.82, 2.24) is 10.3 Å².